The van der Waals surface area contributed by atoms with Gasteiger partial charge in [0.25, 0.3) is 0 Å². The number of nitrogens with one attached hydrogen (secondary N) is 2. The lowest BCUT2D eigenvalue weighted by atomic mass is 9.92. The average molecular weight is 253 g/mol. The number of aromatic amines is 1. The lowest BCUT2D eigenvalue weighted by Gasteiger charge is -2.13. The smallest absolute Gasteiger partial charge is 0.228 e. The maximum atomic E-state index is 12.3. The molecule has 1 saturated carbocycles. The summed E-state index contributed by atoms with van der Waals surface area (Å²) in [5, 5.41) is 9.49. The van der Waals surface area contributed by atoms with E-state index in [-0.39, 0.29) is 11.8 Å². The molecule has 96 valence electrons. The first-order valence-corrected chi connectivity index (χ1v) is 6.72. The molecule has 0 spiro atoms. The number of carbonyl (C=O) groups is 1. The van der Waals surface area contributed by atoms with Crippen molar-refractivity contribution in [3.63, 3.8) is 0 Å². The van der Waals surface area contributed by atoms with Crippen molar-refractivity contribution in [3.05, 3.63) is 47.8 Å². The van der Waals surface area contributed by atoms with Gasteiger partial charge in [0.1, 0.15) is 0 Å². The molecular weight excluding hydrogens is 238 g/mol. The van der Waals surface area contributed by atoms with Crippen LogP contribution in [0.4, 0.5) is 5.69 Å². The molecule has 2 aromatic rings. The number of H-pyrrole nitrogens is 1. The molecule has 0 aliphatic heterocycles. The van der Waals surface area contributed by atoms with Gasteiger partial charge in [-0.3, -0.25) is 9.89 Å². The van der Waals surface area contributed by atoms with Gasteiger partial charge >= 0.3 is 0 Å². The van der Waals surface area contributed by atoms with Crippen LogP contribution in [0, 0.1) is 11.8 Å². The van der Waals surface area contributed by atoms with Crippen molar-refractivity contribution in [1.82, 2.24) is 10.2 Å². The monoisotopic (exact) mass is 253 g/mol. The van der Waals surface area contributed by atoms with Crippen LogP contribution in [0.25, 0.3) is 0 Å². The number of aryl methyl sites for hydroxylation is 1. The molecule has 1 amide bonds. The number of hydrogen-bond acceptors (Lipinski definition) is 2. The quantitative estimate of drug-likeness (QED) is 0.863. The highest BCUT2D eigenvalue weighted by Gasteiger charge is 2.56. The van der Waals surface area contributed by atoms with Gasteiger partial charge in [0.2, 0.25) is 5.91 Å². The molecule has 2 N–H and O–H groups in total. The highest BCUT2D eigenvalue weighted by molar-refractivity contribution is 5.95. The van der Waals surface area contributed by atoms with Crippen molar-refractivity contribution in [2.45, 2.75) is 18.8 Å². The van der Waals surface area contributed by atoms with Gasteiger partial charge in [-0.1, -0.05) is 24.3 Å². The number of nitrogens with zero attached hydrogens (tertiary/aromatic N) is 1. The Labute approximate surface area is 111 Å². The summed E-state index contributed by atoms with van der Waals surface area (Å²) in [5.41, 5.74) is 3.55. The van der Waals surface area contributed by atoms with Crippen molar-refractivity contribution in [1.29, 1.82) is 0 Å². The summed E-state index contributed by atoms with van der Waals surface area (Å²) in [5.74, 6) is 1.23. The van der Waals surface area contributed by atoms with Crippen molar-refractivity contribution in [3.8, 4) is 0 Å². The second kappa shape index (κ2) is 3.95. The second-order valence-electron chi connectivity index (χ2n) is 5.43. The summed E-state index contributed by atoms with van der Waals surface area (Å²) in [6, 6.07) is 8.53. The molecule has 1 heterocycles. The number of carbonyl (C=O) groups excluding carboxylic acids is 1. The standard InChI is InChI=1S/C15H15N3O/c19-15(18-10-7-16-17-8-10)14-12-6-5-9-3-1-2-4-11(9)13(12)14/h1-4,7-8,12-14H,5-6H2,(H,16,17)(H,18,19). The minimum absolute atomic E-state index is 0.133. The number of benzene rings is 1. The van der Waals surface area contributed by atoms with E-state index in [1.807, 2.05) is 0 Å². The van der Waals surface area contributed by atoms with Crippen LogP contribution in [0.3, 0.4) is 0 Å². The number of anilines is 1. The molecule has 19 heavy (non-hydrogen) atoms. The molecular formula is C15H15N3O. The fourth-order valence-corrected chi connectivity index (χ4v) is 3.47. The zero-order chi connectivity index (χ0) is 12.8. The van der Waals surface area contributed by atoms with Crippen LogP contribution < -0.4 is 5.32 Å². The predicted octanol–water partition coefficient (Wildman–Crippen LogP) is 2.32. The molecule has 4 heteroatoms. The van der Waals surface area contributed by atoms with E-state index in [0.717, 1.165) is 18.5 Å². The molecule has 2 aliphatic rings. The van der Waals surface area contributed by atoms with Crippen molar-refractivity contribution < 1.29 is 4.79 Å². The SMILES string of the molecule is O=C(Nc1cn[nH]c1)C1C2CCc3ccccc3C21. The molecule has 3 unspecified atom stereocenters. The molecule has 3 atom stereocenters. The first-order chi connectivity index (χ1) is 9.34. The molecule has 0 saturated heterocycles. The highest BCUT2D eigenvalue weighted by atomic mass is 16.2. The number of amides is 1. The number of rotatable bonds is 2. The maximum absolute atomic E-state index is 12.3. The van der Waals surface area contributed by atoms with Crippen LogP contribution in [-0.4, -0.2) is 16.1 Å². The summed E-state index contributed by atoms with van der Waals surface area (Å²) in [4.78, 5) is 12.3. The van der Waals surface area contributed by atoms with E-state index in [1.54, 1.807) is 12.4 Å². The Balaban J connectivity index is 1.55. The fraction of sp³-hybridized carbons (Fsp3) is 0.333. The lowest BCUT2D eigenvalue weighted by Crippen LogP contribution is -2.14. The molecule has 1 aromatic heterocycles. The van der Waals surface area contributed by atoms with Gasteiger partial charge in [-0.2, -0.15) is 5.10 Å². The van der Waals surface area contributed by atoms with Gasteiger partial charge in [-0.25, -0.2) is 0 Å². The zero-order valence-electron chi connectivity index (χ0n) is 10.5. The summed E-state index contributed by atoms with van der Waals surface area (Å²) in [6.07, 6.45) is 5.58. The van der Waals surface area contributed by atoms with Crippen LogP contribution in [0.2, 0.25) is 0 Å². The van der Waals surface area contributed by atoms with E-state index in [9.17, 15) is 4.79 Å². The zero-order valence-corrected chi connectivity index (χ0v) is 10.5. The van der Waals surface area contributed by atoms with Crippen molar-refractivity contribution >= 4 is 11.6 Å². The lowest BCUT2D eigenvalue weighted by molar-refractivity contribution is -0.117. The molecule has 0 bridgehead atoms. The maximum Gasteiger partial charge on any atom is 0.228 e. The Morgan fingerprint density at radius 1 is 1.37 bits per heavy atom. The number of hydrogen-bond donors (Lipinski definition) is 2. The predicted molar refractivity (Wildman–Crippen MR) is 71.7 cm³/mol. The third-order valence-electron chi connectivity index (χ3n) is 4.40. The van der Waals surface area contributed by atoms with E-state index in [4.69, 9.17) is 0 Å². The summed E-state index contributed by atoms with van der Waals surface area (Å²) >= 11 is 0. The van der Waals surface area contributed by atoms with Gasteiger partial charge < -0.3 is 5.32 Å². The van der Waals surface area contributed by atoms with Gasteiger partial charge in [0.15, 0.2) is 0 Å². The van der Waals surface area contributed by atoms with Crippen molar-refractivity contribution in [2.75, 3.05) is 5.32 Å². The Morgan fingerprint density at radius 3 is 3.11 bits per heavy atom. The van der Waals surface area contributed by atoms with Gasteiger partial charge in [-0.05, 0) is 35.8 Å². The first kappa shape index (κ1) is 10.8. The topological polar surface area (TPSA) is 57.8 Å². The van der Waals surface area contributed by atoms with Gasteiger partial charge in [0, 0.05) is 12.1 Å². The van der Waals surface area contributed by atoms with Gasteiger partial charge in [0.05, 0.1) is 11.9 Å². The molecule has 4 rings (SSSR count). The normalized spacial score (nSPS) is 27.3. The van der Waals surface area contributed by atoms with E-state index < -0.39 is 0 Å². The van der Waals surface area contributed by atoms with Crippen LogP contribution in [0.5, 0.6) is 0 Å². The molecule has 2 aliphatic carbocycles. The average Bonchev–Trinajstić information content (AvgIpc) is 2.98. The molecule has 4 nitrogen and oxygen atoms in total. The van der Waals surface area contributed by atoms with E-state index in [0.29, 0.717) is 11.8 Å². The summed E-state index contributed by atoms with van der Waals surface area (Å²) < 4.78 is 0. The minimum atomic E-state index is 0.133. The first-order valence-electron chi connectivity index (χ1n) is 6.72. The van der Waals surface area contributed by atoms with Crippen LogP contribution in [0.1, 0.15) is 23.5 Å². The summed E-state index contributed by atoms with van der Waals surface area (Å²) in [6.45, 7) is 0. The summed E-state index contributed by atoms with van der Waals surface area (Å²) in [7, 11) is 0. The van der Waals surface area contributed by atoms with E-state index in [1.165, 1.54) is 11.1 Å². The fourth-order valence-electron chi connectivity index (χ4n) is 3.47. The van der Waals surface area contributed by atoms with Crippen LogP contribution >= 0.6 is 0 Å². The Morgan fingerprint density at radius 2 is 2.26 bits per heavy atom. The number of aromatic nitrogens is 2. The Kier molecular flexibility index (Phi) is 2.24. The third-order valence-corrected chi connectivity index (χ3v) is 4.40. The van der Waals surface area contributed by atoms with Crippen LogP contribution in [-0.2, 0) is 11.2 Å². The molecule has 1 aromatic carbocycles. The third kappa shape index (κ3) is 1.67. The highest BCUT2D eigenvalue weighted by Crippen LogP contribution is 2.60. The van der Waals surface area contributed by atoms with E-state index >= 15 is 0 Å². The Bertz CT molecular complexity index is 620. The molecule has 0 radical (unpaired) electrons. The molecule has 1 fully saturated rings. The van der Waals surface area contributed by atoms with Crippen molar-refractivity contribution in [2.24, 2.45) is 11.8 Å². The number of fused-ring (bicyclic) bond motifs is 3. The van der Waals surface area contributed by atoms with Gasteiger partial charge in [-0.15, -0.1) is 0 Å². The van der Waals surface area contributed by atoms with E-state index in [2.05, 4.69) is 39.8 Å². The Hall–Kier alpha value is -2.10. The van der Waals surface area contributed by atoms with Crippen LogP contribution in [0.15, 0.2) is 36.7 Å². The minimum Gasteiger partial charge on any atom is -0.323 e. The largest absolute Gasteiger partial charge is 0.323 e. The second-order valence-corrected chi connectivity index (χ2v) is 5.43.